The van der Waals surface area contributed by atoms with Crippen molar-refractivity contribution in [3.63, 3.8) is 0 Å². The van der Waals surface area contributed by atoms with Gasteiger partial charge in [-0.05, 0) is 59.0 Å². The van der Waals surface area contributed by atoms with Crippen LogP contribution in [0.1, 0.15) is 43.6 Å². The molecule has 2 N–H and O–H groups in total. The number of piperidine rings is 2. The second-order valence-corrected chi connectivity index (χ2v) is 10.1. The van der Waals surface area contributed by atoms with E-state index in [1.807, 2.05) is 0 Å². The molecule has 10 heteroatoms. The van der Waals surface area contributed by atoms with Crippen molar-refractivity contribution in [2.45, 2.75) is 56.9 Å². The lowest BCUT2D eigenvalue weighted by atomic mass is 9.74. The van der Waals surface area contributed by atoms with E-state index in [1.54, 1.807) is 21.0 Å². The van der Waals surface area contributed by atoms with Crippen LogP contribution in [0.4, 0.5) is 0 Å². The zero-order valence-corrected chi connectivity index (χ0v) is 18.3. The predicted molar refractivity (Wildman–Crippen MR) is 107 cm³/mol. The lowest BCUT2D eigenvalue weighted by Crippen LogP contribution is -2.53. The van der Waals surface area contributed by atoms with Crippen LogP contribution in [0.2, 0.25) is 0 Å². The molecule has 0 atom stereocenters. The van der Waals surface area contributed by atoms with Crippen molar-refractivity contribution < 1.29 is 22.5 Å². The van der Waals surface area contributed by atoms with E-state index in [9.17, 15) is 13.2 Å². The molecule has 2 fully saturated rings. The largest absolute Gasteiger partial charge is 0.385 e. The number of carbonyl (C=O) groups excluding carboxylic acids is 1. The average molecular weight is 429 g/mol. The van der Waals surface area contributed by atoms with E-state index in [1.165, 1.54) is 4.31 Å². The van der Waals surface area contributed by atoms with Gasteiger partial charge in [0, 0.05) is 32.8 Å². The summed E-state index contributed by atoms with van der Waals surface area (Å²) in [7, 11) is -1.96. The summed E-state index contributed by atoms with van der Waals surface area (Å²) in [4.78, 5) is 14.6. The number of ether oxygens (including phenoxy) is 1. The zero-order chi connectivity index (χ0) is 21.2. The Labute approximate surface area is 172 Å². The molecule has 1 aromatic rings. The smallest absolute Gasteiger partial charge is 0.248 e. The fourth-order valence-electron chi connectivity index (χ4n) is 4.65. The molecule has 1 amide bonds. The molecule has 164 valence electrons. The molecule has 3 heterocycles. The Kier molecular flexibility index (Phi) is 6.67. The van der Waals surface area contributed by atoms with Gasteiger partial charge in [0.05, 0.1) is 5.41 Å². The molecule has 2 aliphatic heterocycles. The number of aromatic nitrogens is 1. The molecule has 2 saturated heterocycles. The zero-order valence-electron chi connectivity index (χ0n) is 17.5. The number of hydrogen-bond acceptors (Lipinski definition) is 7. The minimum Gasteiger partial charge on any atom is -0.385 e. The summed E-state index contributed by atoms with van der Waals surface area (Å²) < 4.78 is 37.7. The first-order valence-corrected chi connectivity index (χ1v) is 11.6. The standard InChI is InChI=1S/C19H32N4O5S/c1-14-17(15(2)28-21-14)29(25,26)23-9-4-16(5-10-23)22-11-6-19(7-12-22,18(20)24)8-13-27-3/h16H,4-13H2,1-3H3,(H2,20,24). The highest BCUT2D eigenvalue weighted by atomic mass is 32.2. The number of methoxy groups -OCH3 is 1. The van der Waals surface area contributed by atoms with E-state index in [0.717, 1.165) is 38.8 Å². The van der Waals surface area contributed by atoms with E-state index in [0.29, 0.717) is 43.6 Å². The van der Waals surface area contributed by atoms with Gasteiger partial charge < -0.3 is 19.9 Å². The molecule has 9 nitrogen and oxygen atoms in total. The van der Waals surface area contributed by atoms with Crippen molar-refractivity contribution in [1.29, 1.82) is 0 Å². The van der Waals surface area contributed by atoms with Crippen LogP contribution in [0.25, 0.3) is 0 Å². The van der Waals surface area contributed by atoms with Gasteiger partial charge in [-0.2, -0.15) is 4.31 Å². The Balaban J connectivity index is 1.59. The first-order valence-electron chi connectivity index (χ1n) is 10.2. The van der Waals surface area contributed by atoms with Crippen LogP contribution >= 0.6 is 0 Å². The molecule has 0 radical (unpaired) electrons. The van der Waals surface area contributed by atoms with Gasteiger partial charge in [0.1, 0.15) is 10.6 Å². The Hall–Kier alpha value is -1.49. The maximum atomic E-state index is 13.0. The topological polar surface area (TPSA) is 119 Å². The second kappa shape index (κ2) is 8.71. The highest BCUT2D eigenvalue weighted by molar-refractivity contribution is 7.89. The van der Waals surface area contributed by atoms with Crippen LogP contribution in [-0.4, -0.2) is 74.6 Å². The minimum absolute atomic E-state index is 0.193. The summed E-state index contributed by atoms with van der Waals surface area (Å²) in [6.45, 7) is 6.35. The van der Waals surface area contributed by atoms with Crippen molar-refractivity contribution in [3.8, 4) is 0 Å². The molecule has 1 aromatic heterocycles. The van der Waals surface area contributed by atoms with Gasteiger partial charge in [-0.3, -0.25) is 4.79 Å². The molecule has 0 aliphatic carbocycles. The molecule has 0 bridgehead atoms. The SMILES string of the molecule is COCCC1(C(N)=O)CCN(C2CCN(S(=O)(=O)c3c(C)noc3C)CC2)CC1. The van der Waals surface area contributed by atoms with E-state index < -0.39 is 15.4 Å². The fraction of sp³-hybridized carbons (Fsp3) is 0.789. The number of nitrogens with zero attached hydrogens (tertiary/aromatic N) is 3. The number of nitrogens with two attached hydrogens (primary N) is 1. The monoisotopic (exact) mass is 428 g/mol. The Bertz CT molecular complexity index is 802. The number of aryl methyl sites for hydroxylation is 2. The summed E-state index contributed by atoms with van der Waals surface area (Å²) >= 11 is 0. The quantitative estimate of drug-likeness (QED) is 0.689. The van der Waals surface area contributed by atoms with E-state index >= 15 is 0 Å². The summed E-state index contributed by atoms with van der Waals surface area (Å²) in [6.07, 6.45) is 3.64. The Morgan fingerprint density at radius 3 is 2.34 bits per heavy atom. The predicted octanol–water partition coefficient (Wildman–Crippen LogP) is 1.05. The molecule has 2 aliphatic rings. The van der Waals surface area contributed by atoms with Gasteiger partial charge in [-0.15, -0.1) is 0 Å². The van der Waals surface area contributed by atoms with Gasteiger partial charge in [0.25, 0.3) is 0 Å². The third kappa shape index (κ3) is 4.35. The fourth-order valence-corrected chi connectivity index (χ4v) is 6.41. The van der Waals surface area contributed by atoms with Crippen LogP contribution in [0.15, 0.2) is 9.42 Å². The highest BCUT2D eigenvalue weighted by Gasteiger charge is 2.42. The van der Waals surface area contributed by atoms with E-state index in [-0.39, 0.29) is 10.8 Å². The van der Waals surface area contributed by atoms with Crippen LogP contribution < -0.4 is 5.73 Å². The average Bonchev–Trinajstić information content (AvgIpc) is 3.05. The highest BCUT2D eigenvalue weighted by Crippen LogP contribution is 2.37. The summed E-state index contributed by atoms with van der Waals surface area (Å²) in [6, 6.07) is 0.319. The normalized spacial score (nSPS) is 22.0. The number of primary amides is 1. The Morgan fingerprint density at radius 1 is 1.24 bits per heavy atom. The van der Waals surface area contributed by atoms with Crippen LogP contribution in [0, 0.1) is 19.3 Å². The number of carbonyl (C=O) groups is 1. The first kappa shape index (κ1) is 22.2. The number of rotatable bonds is 7. The lowest BCUT2D eigenvalue weighted by Gasteiger charge is -2.45. The number of hydrogen-bond donors (Lipinski definition) is 1. The third-order valence-corrected chi connectivity index (χ3v) is 8.71. The summed E-state index contributed by atoms with van der Waals surface area (Å²) in [5.74, 6) is 0.0917. The molecule has 29 heavy (non-hydrogen) atoms. The minimum atomic E-state index is -3.59. The lowest BCUT2D eigenvalue weighted by molar-refractivity contribution is -0.132. The van der Waals surface area contributed by atoms with E-state index in [4.69, 9.17) is 15.0 Å². The third-order valence-electron chi connectivity index (χ3n) is 6.57. The Morgan fingerprint density at radius 2 is 1.86 bits per heavy atom. The van der Waals surface area contributed by atoms with Gasteiger partial charge in [0.2, 0.25) is 15.9 Å². The van der Waals surface area contributed by atoms with Gasteiger partial charge in [0.15, 0.2) is 5.76 Å². The second-order valence-electron chi connectivity index (χ2n) is 8.21. The van der Waals surface area contributed by atoms with E-state index in [2.05, 4.69) is 10.1 Å². The molecule has 3 rings (SSSR count). The van der Waals surface area contributed by atoms with Crippen LogP contribution in [0.5, 0.6) is 0 Å². The van der Waals surface area contributed by atoms with Crippen molar-refractivity contribution in [3.05, 3.63) is 11.5 Å². The van der Waals surface area contributed by atoms with Crippen LogP contribution in [-0.2, 0) is 19.6 Å². The molecular formula is C19H32N4O5S. The molecule has 0 saturated carbocycles. The number of amides is 1. The van der Waals surface area contributed by atoms with Crippen molar-refractivity contribution >= 4 is 15.9 Å². The van der Waals surface area contributed by atoms with Crippen LogP contribution in [0.3, 0.4) is 0 Å². The molecule has 0 spiro atoms. The van der Waals surface area contributed by atoms with Gasteiger partial charge in [-0.1, -0.05) is 5.16 Å². The van der Waals surface area contributed by atoms with Gasteiger partial charge in [-0.25, -0.2) is 8.42 Å². The maximum absolute atomic E-state index is 13.0. The molecule has 0 unspecified atom stereocenters. The number of likely N-dealkylation sites (tertiary alicyclic amines) is 1. The summed E-state index contributed by atoms with van der Waals surface area (Å²) in [5.41, 5.74) is 5.62. The summed E-state index contributed by atoms with van der Waals surface area (Å²) in [5, 5.41) is 3.78. The molecular weight excluding hydrogens is 396 g/mol. The molecule has 0 aromatic carbocycles. The maximum Gasteiger partial charge on any atom is 0.248 e. The van der Waals surface area contributed by atoms with Crippen molar-refractivity contribution in [2.75, 3.05) is 39.9 Å². The van der Waals surface area contributed by atoms with Crippen molar-refractivity contribution in [1.82, 2.24) is 14.4 Å². The van der Waals surface area contributed by atoms with Crippen molar-refractivity contribution in [2.24, 2.45) is 11.1 Å². The number of sulfonamides is 1. The van der Waals surface area contributed by atoms with Gasteiger partial charge >= 0.3 is 0 Å². The first-order chi connectivity index (χ1) is 13.7.